The molecule has 1 aliphatic carbocycles. The van der Waals surface area contributed by atoms with E-state index in [4.69, 9.17) is 9.47 Å². The molecule has 0 spiro atoms. The number of rotatable bonds is 10. The highest BCUT2D eigenvalue weighted by atomic mass is 32.2. The number of benzene rings is 2. The molecule has 216 valence electrons. The van der Waals surface area contributed by atoms with Crippen molar-refractivity contribution in [1.82, 2.24) is 5.32 Å². The van der Waals surface area contributed by atoms with Gasteiger partial charge in [-0.1, -0.05) is 12.1 Å². The first-order chi connectivity index (χ1) is 18.1. The number of nitrogens with zero attached hydrogens (tertiary/aromatic N) is 1. The zero-order chi connectivity index (χ0) is 29.0. The lowest BCUT2D eigenvalue weighted by Crippen LogP contribution is -2.31. The van der Waals surface area contributed by atoms with E-state index < -0.39 is 39.0 Å². The standard InChI is InChI=1S/C28H37F3N2O5S/c1-6-33(7-2)20-14-19(28(29,30)31)15-21(16-20)39(35,36)18-32-24-12-8-11-23-22(24)10-9-13-25(23)37-17-26(34)38-27(3,4)5/h9-10,13-16,24,32H,6-8,11-12,17-18H2,1-5H3/t24-/m1/s1. The van der Waals surface area contributed by atoms with E-state index in [-0.39, 0.29) is 23.2 Å². The molecule has 0 amide bonds. The molecule has 0 heterocycles. The van der Waals surface area contributed by atoms with Crippen molar-refractivity contribution in [2.24, 2.45) is 0 Å². The molecule has 1 aliphatic rings. The quantitative estimate of drug-likeness (QED) is 0.369. The number of hydrogen-bond acceptors (Lipinski definition) is 7. The van der Waals surface area contributed by atoms with Gasteiger partial charge in [0.05, 0.1) is 10.5 Å². The van der Waals surface area contributed by atoms with Crippen LogP contribution in [0.5, 0.6) is 5.75 Å². The minimum atomic E-state index is -4.68. The number of ether oxygens (including phenoxy) is 2. The van der Waals surface area contributed by atoms with E-state index in [2.05, 4.69) is 5.32 Å². The summed E-state index contributed by atoms with van der Waals surface area (Å²) in [5.74, 6) is -0.504. The van der Waals surface area contributed by atoms with Crippen LogP contribution >= 0.6 is 0 Å². The molecule has 0 saturated carbocycles. The molecule has 1 atom stereocenters. The third kappa shape index (κ3) is 8.11. The van der Waals surface area contributed by atoms with Crippen molar-refractivity contribution in [3.05, 3.63) is 53.1 Å². The van der Waals surface area contributed by atoms with Gasteiger partial charge in [0.25, 0.3) is 0 Å². The van der Waals surface area contributed by atoms with Gasteiger partial charge in [-0.05, 0) is 89.3 Å². The van der Waals surface area contributed by atoms with E-state index in [1.54, 1.807) is 51.7 Å². The van der Waals surface area contributed by atoms with Crippen molar-refractivity contribution in [3.63, 3.8) is 0 Å². The van der Waals surface area contributed by atoms with Crippen molar-refractivity contribution in [3.8, 4) is 5.75 Å². The van der Waals surface area contributed by atoms with E-state index in [9.17, 15) is 26.4 Å². The number of sulfone groups is 1. The second-order valence-corrected chi connectivity index (χ2v) is 12.5. The minimum absolute atomic E-state index is 0.211. The molecule has 0 aromatic heterocycles. The Balaban J connectivity index is 1.81. The van der Waals surface area contributed by atoms with Crippen LogP contribution in [0.4, 0.5) is 18.9 Å². The Labute approximate surface area is 228 Å². The Kier molecular flexibility index (Phi) is 9.59. The Morgan fingerprint density at radius 1 is 1.10 bits per heavy atom. The molecule has 0 saturated heterocycles. The van der Waals surface area contributed by atoms with Crippen LogP contribution in [0.1, 0.15) is 70.2 Å². The van der Waals surface area contributed by atoms with Gasteiger partial charge in [-0.3, -0.25) is 5.32 Å². The molecule has 3 rings (SSSR count). The molecule has 0 fully saturated rings. The average Bonchev–Trinajstić information content (AvgIpc) is 2.85. The summed E-state index contributed by atoms with van der Waals surface area (Å²) >= 11 is 0. The highest BCUT2D eigenvalue weighted by molar-refractivity contribution is 7.91. The SMILES string of the molecule is CCN(CC)c1cc(C(F)(F)F)cc(S(=O)(=O)CN[C@@H]2CCCc3c(OCC(=O)OC(C)(C)C)cccc32)c1. The summed E-state index contributed by atoms with van der Waals surface area (Å²) in [6, 6.07) is 8.01. The normalized spacial score (nSPS) is 15.9. The van der Waals surface area contributed by atoms with Gasteiger partial charge >= 0.3 is 12.1 Å². The Morgan fingerprint density at radius 2 is 1.79 bits per heavy atom. The number of esters is 1. The zero-order valence-corrected chi connectivity index (χ0v) is 23.8. The van der Waals surface area contributed by atoms with E-state index in [1.165, 1.54) is 6.07 Å². The van der Waals surface area contributed by atoms with Crippen molar-refractivity contribution in [2.75, 3.05) is 30.5 Å². The number of hydrogen-bond donors (Lipinski definition) is 1. The monoisotopic (exact) mass is 570 g/mol. The molecule has 11 heteroatoms. The minimum Gasteiger partial charge on any atom is -0.482 e. The van der Waals surface area contributed by atoms with Gasteiger partial charge in [0.1, 0.15) is 17.2 Å². The van der Waals surface area contributed by atoms with Crippen LogP contribution in [0.25, 0.3) is 0 Å². The summed E-state index contributed by atoms with van der Waals surface area (Å²) in [5.41, 5.74) is 0.280. The van der Waals surface area contributed by atoms with Crippen molar-refractivity contribution in [2.45, 2.75) is 76.6 Å². The van der Waals surface area contributed by atoms with Crippen LogP contribution in [0.2, 0.25) is 0 Å². The molecule has 2 aromatic rings. The Morgan fingerprint density at radius 3 is 2.41 bits per heavy atom. The third-order valence-corrected chi connectivity index (χ3v) is 7.96. The Hall–Kier alpha value is -2.79. The third-order valence-electron chi connectivity index (χ3n) is 6.46. The van der Waals surface area contributed by atoms with Crippen LogP contribution in [0.3, 0.4) is 0 Å². The number of nitrogens with one attached hydrogen (secondary N) is 1. The number of carbonyl (C=O) groups is 1. The maximum atomic E-state index is 13.6. The number of anilines is 1. The van der Waals surface area contributed by atoms with Crippen LogP contribution < -0.4 is 15.0 Å². The number of fused-ring (bicyclic) bond motifs is 1. The number of halogens is 3. The fourth-order valence-electron chi connectivity index (χ4n) is 4.66. The number of carbonyl (C=O) groups excluding carboxylic acids is 1. The first-order valence-electron chi connectivity index (χ1n) is 13.0. The first-order valence-corrected chi connectivity index (χ1v) is 14.7. The van der Waals surface area contributed by atoms with Crippen LogP contribution in [-0.2, 0) is 32.0 Å². The summed E-state index contributed by atoms with van der Waals surface area (Å²) in [5, 5.41) is 3.04. The van der Waals surface area contributed by atoms with Crippen molar-refractivity contribution >= 4 is 21.5 Å². The van der Waals surface area contributed by atoms with Gasteiger partial charge in [-0.25, -0.2) is 13.2 Å². The number of alkyl halides is 3. The topological polar surface area (TPSA) is 84.9 Å². The van der Waals surface area contributed by atoms with Crippen LogP contribution in [0.15, 0.2) is 41.3 Å². The van der Waals surface area contributed by atoms with E-state index >= 15 is 0 Å². The van der Waals surface area contributed by atoms with Gasteiger partial charge in [0, 0.05) is 24.8 Å². The maximum absolute atomic E-state index is 13.6. The molecular formula is C28H37F3N2O5S. The van der Waals surface area contributed by atoms with E-state index in [0.29, 0.717) is 37.7 Å². The molecule has 7 nitrogen and oxygen atoms in total. The fourth-order valence-corrected chi connectivity index (χ4v) is 5.86. The van der Waals surface area contributed by atoms with E-state index in [0.717, 1.165) is 23.6 Å². The molecule has 1 N–H and O–H groups in total. The fraction of sp³-hybridized carbons (Fsp3) is 0.536. The lowest BCUT2D eigenvalue weighted by atomic mass is 9.87. The average molecular weight is 571 g/mol. The molecule has 0 aliphatic heterocycles. The molecule has 39 heavy (non-hydrogen) atoms. The van der Waals surface area contributed by atoms with Gasteiger partial charge in [-0.2, -0.15) is 13.2 Å². The second kappa shape index (κ2) is 12.2. The summed E-state index contributed by atoms with van der Waals surface area (Å²) in [4.78, 5) is 13.4. The molecule has 0 unspecified atom stereocenters. The molecular weight excluding hydrogens is 533 g/mol. The van der Waals surface area contributed by atoms with Gasteiger partial charge in [-0.15, -0.1) is 0 Å². The maximum Gasteiger partial charge on any atom is 0.416 e. The lowest BCUT2D eigenvalue weighted by molar-refractivity contribution is -0.157. The van der Waals surface area contributed by atoms with Crippen LogP contribution in [-0.4, -0.2) is 45.6 Å². The molecule has 0 radical (unpaired) electrons. The first kappa shape index (κ1) is 30.7. The van der Waals surface area contributed by atoms with Gasteiger partial charge in [0.15, 0.2) is 16.4 Å². The smallest absolute Gasteiger partial charge is 0.416 e. The highest BCUT2D eigenvalue weighted by Gasteiger charge is 2.33. The van der Waals surface area contributed by atoms with E-state index in [1.807, 2.05) is 6.07 Å². The summed E-state index contributed by atoms with van der Waals surface area (Å²) in [6.07, 6.45) is -2.61. The lowest BCUT2D eigenvalue weighted by Gasteiger charge is -2.28. The zero-order valence-electron chi connectivity index (χ0n) is 23.0. The summed E-state index contributed by atoms with van der Waals surface area (Å²) in [6.45, 7) is 9.51. The molecule has 0 bridgehead atoms. The molecule has 2 aromatic carbocycles. The largest absolute Gasteiger partial charge is 0.482 e. The van der Waals surface area contributed by atoms with Crippen molar-refractivity contribution in [1.29, 1.82) is 0 Å². The summed E-state index contributed by atoms with van der Waals surface area (Å²) in [7, 11) is -4.10. The second-order valence-electron chi connectivity index (χ2n) is 10.5. The predicted molar refractivity (Wildman–Crippen MR) is 144 cm³/mol. The highest BCUT2D eigenvalue weighted by Crippen LogP contribution is 2.37. The van der Waals surface area contributed by atoms with Crippen LogP contribution in [0, 0.1) is 0 Å². The van der Waals surface area contributed by atoms with Crippen molar-refractivity contribution < 1.29 is 35.9 Å². The Bertz CT molecular complexity index is 1270. The van der Waals surface area contributed by atoms with Gasteiger partial charge < -0.3 is 14.4 Å². The van der Waals surface area contributed by atoms with Gasteiger partial charge in [0.2, 0.25) is 0 Å². The predicted octanol–water partition coefficient (Wildman–Crippen LogP) is 5.67. The summed E-state index contributed by atoms with van der Waals surface area (Å²) < 4.78 is 78.4.